The van der Waals surface area contributed by atoms with Crippen LogP contribution in [0.1, 0.15) is 24.8 Å². The second kappa shape index (κ2) is 9.34. The highest BCUT2D eigenvalue weighted by atomic mass is 16.6. The van der Waals surface area contributed by atoms with E-state index < -0.39 is 16.9 Å². The number of nitrogens with zero attached hydrogens (tertiary/aromatic N) is 1. The molecular weight excluding hydrogens is 300 g/mol. The van der Waals surface area contributed by atoms with Crippen LogP contribution in [0.15, 0.2) is 36.9 Å². The number of hydrogen-bond donors (Lipinski definition) is 1. The molecule has 0 radical (unpaired) electrons. The van der Waals surface area contributed by atoms with E-state index in [4.69, 9.17) is 0 Å². The molecule has 1 aromatic carbocycles. The maximum Gasteiger partial charge on any atom is 0.328 e. The van der Waals surface area contributed by atoms with Crippen molar-refractivity contribution in [2.45, 2.75) is 31.7 Å². The molecule has 0 aromatic heterocycles. The van der Waals surface area contributed by atoms with Gasteiger partial charge in [0.1, 0.15) is 6.04 Å². The average molecular weight is 320 g/mol. The number of hydrogen-bond acceptors (Lipinski definition) is 5. The molecule has 0 saturated carbocycles. The first-order valence-electron chi connectivity index (χ1n) is 7.19. The fraction of sp³-hybridized carbons (Fsp3) is 0.375. The van der Waals surface area contributed by atoms with E-state index in [1.54, 1.807) is 12.1 Å². The maximum absolute atomic E-state index is 12.0. The summed E-state index contributed by atoms with van der Waals surface area (Å²) in [6.45, 7) is 3.60. The summed E-state index contributed by atoms with van der Waals surface area (Å²) in [6, 6.07) is 5.10. The lowest BCUT2D eigenvalue weighted by atomic mass is 10.1. The molecule has 0 heterocycles. The topological polar surface area (TPSA) is 98.5 Å². The monoisotopic (exact) mass is 320 g/mol. The van der Waals surface area contributed by atoms with Gasteiger partial charge in [-0.3, -0.25) is 14.9 Å². The van der Waals surface area contributed by atoms with E-state index in [1.165, 1.54) is 25.3 Å². The van der Waals surface area contributed by atoms with Gasteiger partial charge in [0.2, 0.25) is 5.91 Å². The van der Waals surface area contributed by atoms with Crippen molar-refractivity contribution < 1.29 is 19.2 Å². The minimum atomic E-state index is -0.730. The van der Waals surface area contributed by atoms with Crippen molar-refractivity contribution in [3.05, 3.63) is 52.6 Å². The van der Waals surface area contributed by atoms with Gasteiger partial charge in [0.25, 0.3) is 5.69 Å². The zero-order chi connectivity index (χ0) is 17.2. The van der Waals surface area contributed by atoms with Crippen molar-refractivity contribution >= 4 is 17.6 Å². The largest absolute Gasteiger partial charge is 0.467 e. The number of carbonyl (C=O) groups excluding carboxylic acids is 2. The minimum Gasteiger partial charge on any atom is -0.467 e. The lowest BCUT2D eigenvalue weighted by Crippen LogP contribution is -2.42. The Hall–Kier alpha value is -2.70. The molecule has 0 unspecified atom stereocenters. The predicted molar refractivity (Wildman–Crippen MR) is 84.8 cm³/mol. The molecule has 0 fully saturated rings. The van der Waals surface area contributed by atoms with Gasteiger partial charge in [-0.2, -0.15) is 0 Å². The number of nitrogens with one attached hydrogen (secondary N) is 1. The van der Waals surface area contributed by atoms with E-state index in [-0.39, 0.29) is 18.0 Å². The number of rotatable bonds is 9. The number of benzene rings is 1. The number of unbranched alkanes of at least 4 members (excludes halogenated alkanes) is 1. The van der Waals surface area contributed by atoms with Crippen molar-refractivity contribution in [2.24, 2.45) is 0 Å². The molecular formula is C16H20N2O5. The van der Waals surface area contributed by atoms with Gasteiger partial charge in [-0.05, 0) is 24.8 Å². The molecule has 1 aromatic rings. The molecule has 0 bridgehead atoms. The van der Waals surface area contributed by atoms with Crippen molar-refractivity contribution in [3.63, 3.8) is 0 Å². The molecule has 1 atom stereocenters. The summed E-state index contributed by atoms with van der Waals surface area (Å²) < 4.78 is 4.68. The number of allylic oxidation sites excluding steroid dienone is 1. The molecule has 7 heteroatoms. The van der Waals surface area contributed by atoms with Gasteiger partial charge in [0.15, 0.2) is 0 Å². The van der Waals surface area contributed by atoms with Crippen molar-refractivity contribution in [2.75, 3.05) is 7.11 Å². The number of nitro groups is 1. The highest BCUT2D eigenvalue weighted by Gasteiger charge is 2.21. The van der Waals surface area contributed by atoms with Gasteiger partial charge in [-0.1, -0.05) is 18.2 Å². The fourth-order valence-corrected chi connectivity index (χ4v) is 2.07. The summed E-state index contributed by atoms with van der Waals surface area (Å²) in [4.78, 5) is 33.9. The molecule has 0 aliphatic carbocycles. The Labute approximate surface area is 134 Å². The normalized spacial score (nSPS) is 11.3. The van der Waals surface area contributed by atoms with Crippen LogP contribution in [0.25, 0.3) is 0 Å². The van der Waals surface area contributed by atoms with Crippen LogP contribution in [-0.2, 0) is 20.7 Å². The van der Waals surface area contributed by atoms with Crippen molar-refractivity contribution in [1.82, 2.24) is 5.32 Å². The van der Waals surface area contributed by atoms with Crippen molar-refractivity contribution in [3.8, 4) is 0 Å². The molecule has 0 aliphatic rings. The Morgan fingerprint density at radius 2 is 2.22 bits per heavy atom. The maximum atomic E-state index is 12.0. The van der Waals surface area contributed by atoms with E-state index >= 15 is 0 Å². The molecule has 0 aliphatic heterocycles. The van der Waals surface area contributed by atoms with E-state index in [2.05, 4.69) is 16.6 Å². The molecule has 1 amide bonds. The lowest BCUT2D eigenvalue weighted by Gasteiger charge is -2.16. The third-order valence-corrected chi connectivity index (χ3v) is 3.21. The van der Waals surface area contributed by atoms with E-state index in [9.17, 15) is 19.7 Å². The third-order valence-electron chi connectivity index (χ3n) is 3.21. The molecule has 7 nitrogen and oxygen atoms in total. The summed E-state index contributed by atoms with van der Waals surface area (Å²) >= 11 is 0. The summed E-state index contributed by atoms with van der Waals surface area (Å²) in [7, 11) is 1.26. The Morgan fingerprint density at radius 3 is 2.83 bits per heavy atom. The van der Waals surface area contributed by atoms with Crippen LogP contribution in [0.3, 0.4) is 0 Å². The van der Waals surface area contributed by atoms with Crippen molar-refractivity contribution in [1.29, 1.82) is 0 Å². The number of ether oxygens (including phenoxy) is 1. The standard InChI is InChI=1S/C16H20N2O5/c1-3-4-5-9-14(16(20)23-2)17-15(19)11-12-7-6-8-13(10-12)18(21)22/h3,6-8,10,14H,1,4-5,9,11H2,2H3,(H,17,19)/t14-/m1/s1. The summed E-state index contributed by atoms with van der Waals surface area (Å²) in [5.41, 5.74) is 0.428. The van der Waals surface area contributed by atoms with Gasteiger partial charge >= 0.3 is 5.97 Å². The zero-order valence-electron chi connectivity index (χ0n) is 13.0. The number of amides is 1. The van der Waals surface area contributed by atoms with Gasteiger partial charge in [-0.15, -0.1) is 6.58 Å². The molecule has 124 valence electrons. The number of carbonyl (C=O) groups is 2. The minimum absolute atomic E-state index is 0.0450. The third kappa shape index (κ3) is 6.29. The Kier molecular flexibility index (Phi) is 7.45. The van der Waals surface area contributed by atoms with Crippen LogP contribution in [0.2, 0.25) is 0 Å². The molecule has 0 saturated heterocycles. The summed E-state index contributed by atoms with van der Waals surface area (Å²) in [6.07, 6.45) is 3.56. The van der Waals surface area contributed by atoms with E-state index in [1.807, 2.05) is 0 Å². The lowest BCUT2D eigenvalue weighted by molar-refractivity contribution is -0.384. The van der Waals surface area contributed by atoms with Crippen LogP contribution in [-0.4, -0.2) is 30.0 Å². The van der Waals surface area contributed by atoms with E-state index in [0.717, 1.165) is 6.42 Å². The first-order valence-corrected chi connectivity index (χ1v) is 7.19. The second-order valence-corrected chi connectivity index (χ2v) is 4.97. The van der Waals surface area contributed by atoms with Crippen LogP contribution in [0.4, 0.5) is 5.69 Å². The molecule has 0 spiro atoms. The number of non-ortho nitro benzene ring substituents is 1. The highest BCUT2D eigenvalue weighted by Crippen LogP contribution is 2.13. The second-order valence-electron chi connectivity index (χ2n) is 4.97. The van der Waals surface area contributed by atoms with Crippen LogP contribution >= 0.6 is 0 Å². The zero-order valence-corrected chi connectivity index (χ0v) is 13.0. The number of nitro benzene ring substituents is 1. The number of methoxy groups -OCH3 is 1. The molecule has 1 N–H and O–H groups in total. The highest BCUT2D eigenvalue weighted by molar-refractivity contribution is 5.85. The Balaban J connectivity index is 2.67. The summed E-state index contributed by atoms with van der Waals surface area (Å²) in [5.74, 6) is -0.902. The molecule has 1 rings (SSSR count). The predicted octanol–water partition coefficient (Wildman–Crippen LogP) is 2.15. The van der Waals surface area contributed by atoms with Crippen LogP contribution in [0, 0.1) is 10.1 Å². The SMILES string of the molecule is C=CCCC[C@@H](NC(=O)Cc1cccc([N+](=O)[O-])c1)C(=O)OC. The van der Waals surface area contributed by atoms with E-state index in [0.29, 0.717) is 18.4 Å². The van der Waals surface area contributed by atoms with Gasteiger partial charge in [0, 0.05) is 12.1 Å². The number of esters is 1. The van der Waals surface area contributed by atoms with Gasteiger partial charge in [-0.25, -0.2) is 4.79 Å². The van der Waals surface area contributed by atoms with Gasteiger partial charge in [0.05, 0.1) is 18.5 Å². The first kappa shape index (κ1) is 18.3. The quantitative estimate of drug-likeness (QED) is 0.247. The Bertz CT molecular complexity index is 586. The average Bonchev–Trinajstić information content (AvgIpc) is 2.53. The van der Waals surface area contributed by atoms with Gasteiger partial charge < -0.3 is 10.1 Å². The van der Waals surface area contributed by atoms with Crippen LogP contribution in [0.5, 0.6) is 0 Å². The summed E-state index contributed by atoms with van der Waals surface area (Å²) in [5, 5.41) is 13.3. The Morgan fingerprint density at radius 1 is 1.48 bits per heavy atom. The van der Waals surface area contributed by atoms with Crippen LogP contribution < -0.4 is 5.32 Å². The molecule has 23 heavy (non-hydrogen) atoms. The smallest absolute Gasteiger partial charge is 0.328 e. The first-order chi connectivity index (χ1) is 11.0. The fourth-order valence-electron chi connectivity index (χ4n) is 2.07.